The molecule has 1 unspecified atom stereocenters. The molecule has 2 N–H and O–H groups in total. The van der Waals surface area contributed by atoms with Crippen LogP contribution in [0.4, 0.5) is 0 Å². The molecular formula is C14H15N2. The van der Waals surface area contributed by atoms with Crippen molar-refractivity contribution in [3.8, 4) is 0 Å². The fourth-order valence-corrected chi connectivity index (χ4v) is 1.92. The van der Waals surface area contributed by atoms with Gasteiger partial charge in [0.25, 0.3) is 0 Å². The maximum Gasteiger partial charge on any atom is 0.0270 e. The molecule has 2 atom stereocenters. The minimum atomic E-state index is -0.162. The van der Waals surface area contributed by atoms with Gasteiger partial charge in [-0.1, -0.05) is 30.3 Å². The van der Waals surface area contributed by atoms with Crippen molar-refractivity contribution in [2.24, 2.45) is 5.73 Å². The minimum absolute atomic E-state index is 0.129. The van der Waals surface area contributed by atoms with Crippen LogP contribution in [0.25, 0.3) is 0 Å². The molecule has 2 aromatic rings. The molecule has 2 heteroatoms. The van der Waals surface area contributed by atoms with Crippen molar-refractivity contribution in [1.29, 1.82) is 0 Å². The van der Waals surface area contributed by atoms with Crippen molar-refractivity contribution in [1.82, 2.24) is 4.98 Å². The quantitative estimate of drug-likeness (QED) is 0.846. The van der Waals surface area contributed by atoms with Gasteiger partial charge in [-0.3, -0.25) is 4.98 Å². The molecular weight excluding hydrogens is 196 g/mol. The summed E-state index contributed by atoms with van der Waals surface area (Å²) in [6.07, 6.45) is 3.57. The Morgan fingerprint density at radius 1 is 0.938 bits per heavy atom. The lowest BCUT2D eigenvalue weighted by Crippen LogP contribution is -2.26. The molecule has 0 saturated heterocycles. The predicted molar refractivity (Wildman–Crippen MR) is 65.9 cm³/mol. The van der Waals surface area contributed by atoms with Crippen LogP contribution in [0.15, 0.2) is 54.9 Å². The van der Waals surface area contributed by atoms with Crippen molar-refractivity contribution in [2.75, 3.05) is 0 Å². The fourth-order valence-electron chi connectivity index (χ4n) is 1.92. The van der Waals surface area contributed by atoms with E-state index < -0.39 is 0 Å². The number of nitrogens with zero attached hydrogens (tertiary/aromatic N) is 1. The molecule has 0 spiro atoms. The van der Waals surface area contributed by atoms with E-state index in [1.807, 2.05) is 30.3 Å². The average Bonchev–Trinajstić information content (AvgIpc) is 2.31. The molecule has 1 heterocycles. The van der Waals surface area contributed by atoms with Crippen LogP contribution < -0.4 is 5.73 Å². The molecule has 0 fully saturated rings. The number of nitrogens with two attached hydrogens (primary N) is 1. The highest BCUT2D eigenvalue weighted by atomic mass is 14.6. The van der Waals surface area contributed by atoms with Crippen LogP contribution in [0.3, 0.4) is 0 Å². The molecule has 0 amide bonds. The van der Waals surface area contributed by atoms with Crippen LogP contribution in [0, 0.1) is 6.92 Å². The Labute approximate surface area is 96.1 Å². The maximum atomic E-state index is 5.97. The molecule has 16 heavy (non-hydrogen) atoms. The Balaban J connectivity index is 2.40. The molecule has 0 bridgehead atoms. The van der Waals surface area contributed by atoms with Crippen molar-refractivity contribution < 1.29 is 0 Å². The van der Waals surface area contributed by atoms with E-state index in [0.29, 0.717) is 0 Å². The van der Waals surface area contributed by atoms with Gasteiger partial charge in [0, 0.05) is 24.4 Å². The Kier molecular flexibility index (Phi) is 3.32. The van der Waals surface area contributed by atoms with Gasteiger partial charge >= 0.3 is 0 Å². The van der Waals surface area contributed by atoms with Crippen molar-refractivity contribution in [2.45, 2.75) is 12.0 Å². The third kappa shape index (κ3) is 2.28. The van der Waals surface area contributed by atoms with Gasteiger partial charge in [-0.05, 0) is 30.2 Å². The zero-order chi connectivity index (χ0) is 11.4. The molecule has 0 aliphatic rings. The second-order valence-electron chi connectivity index (χ2n) is 3.83. The largest absolute Gasteiger partial charge is 0.327 e. The molecule has 2 nitrogen and oxygen atoms in total. The normalized spacial score (nSPS) is 14.4. The van der Waals surface area contributed by atoms with Crippen LogP contribution in [-0.4, -0.2) is 11.0 Å². The summed E-state index contributed by atoms with van der Waals surface area (Å²) in [7, 11) is 0. The fraction of sp³-hybridized carbons (Fsp3) is 0.143. The van der Waals surface area contributed by atoms with E-state index in [9.17, 15) is 0 Å². The topological polar surface area (TPSA) is 38.9 Å². The molecule has 0 aliphatic heterocycles. The lowest BCUT2D eigenvalue weighted by atomic mass is 9.87. The summed E-state index contributed by atoms with van der Waals surface area (Å²) >= 11 is 0. The summed E-state index contributed by atoms with van der Waals surface area (Å²) in [5, 5.41) is 0. The smallest absolute Gasteiger partial charge is 0.0270 e. The molecule has 1 aromatic carbocycles. The SMILES string of the molecule is [CH2][C@H](N)C(c1ccccc1)c1ccncc1. The summed E-state index contributed by atoms with van der Waals surface area (Å²) in [6, 6.07) is 14.0. The Morgan fingerprint density at radius 2 is 1.50 bits per heavy atom. The van der Waals surface area contributed by atoms with Gasteiger partial charge in [0.15, 0.2) is 0 Å². The van der Waals surface area contributed by atoms with Gasteiger partial charge in [0.1, 0.15) is 0 Å². The first-order valence-corrected chi connectivity index (χ1v) is 5.32. The molecule has 0 aliphatic carbocycles. The molecule has 0 saturated carbocycles. The van der Waals surface area contributed by atoms with Crippen LogP contribution in [0.1, 0.15) is 17.0 Å². The second-order valence-corrected chi connectivity index (χ2v) is 3.83. The first kappa shape index (κ1) is 10.8. The highest BCUT2D eigenvalue weighted by Crippen LogP contribution is 2.26. The van der Waals surface area contributed by atoms with E-state index >= 15 is 0 Å². The van der Waals surface area contributed by atoms with E-state index in [2.05, 4.69) is 24.0 Å². The van der Waals surface area contributed by atoms with Gasteiger partial charge in [-0.25, -0.2) is 0 Å². The first-order valence-electron chi connectivity index (χ1n) is 5.32. The van der Waals surface area contributed by atoms with Gasteiger partial charge in [-0.2, -0.15) is 0 Å². The lowest BCUT2D eigenvalue weighted by molar-refractivity contribution is 0.696. The number of hydrogen-bond acceptors (Lipinski definition) is 2. The van der Waals surface area contributed by atoms with E-state index in [1.165, 1.54) is 5.56 Å². The standard InChI is InChI=1S/C14H15N2/c1-11(15)14(12-5-3-2-4-6-12)13-7-9-16-10-8-13/h2-11,14H,1,15H2/t11-,14?/m0/s1. The summed E-state index contributed by atoms with van der Waals surface area (Å²) in [5.41, 5.74) is 8.32. The summed E-state index contributed by atoms with van der Waals surface area (Å²) < 4.78 is 0. The zero-order valence-electron chi connectivity index (χ0n) is 9.08. The zero-order valence-corrected chi connectivity index (χ0v) is 9.08. The number of rotatable bonds is 3. The van der Waals surface area contributed by atoms with Crippen LogP contribution in [0.5, 0.6) is 0 Å². The predicted octanol–water partition coefficient (Wildman–Crippen LogP) is 2.37. The van der Waals surface area contributed by atoms with Crippen molar-refractivity contribution in [3.05, 3.63) is 72.9 Å². The average molecular weight is 211 g/mol. The third-order valence-corrected chi connectivity index (χ3v) is 2.65. The van der Waals surface area contributed by atoms with E-state index in [0.717, 1.165) is 5.56 Å². The Morgan fingerprint density at radius 3 is 2.06 bits per heavy atom. The third-order valence-electron chi connectivity index (χ3n) is 2.65. The summed E-state index contributed by atoms with van der Waals surface area (Å²) in [4.78, 5) is 4.02. The van der Waals surface area contributed by atoms with Crippen LogP contribution in [-0.2, 0) is 0 Å². The van der Waals surface area contributed by atoms with Gasteiger partial charge in [0.05, 0.1) is 0 Å². The number of aromatic nitrogens is 1. The lowest BCUT2D eigenvalue weighted by Gasteiger charge is -2.21. The van der Waals surface area contributed by atoms with Crippen molar-refractivity contribution >= 4 is 0 Å². The van der Waals surface area contributed by atoms with Gasteiger partial charge in [-0.15, -0.1) is 0 Å². The Hall–Kier alpha value is -1.67. The van der Waals surface area contributed by atoms with Crippen LogP contribution in [0.2, 0.25) is 0 Å². The molecule has 2 rings (SSSR count). The maximum absolute atomic E-state index is 5.97. The highest BCUT2D eigenvalue weighted by molar-refractivity contribution is 5.33. The van der Waals surface area contributed by atoms with E-state index in [1.54, 1.807) is 12.4 Å². The monoisotopic (exact) mass is 211 g/mol. The molecule has 81 valence electrons. The van der Waals surface area contributed by atoms with E-state index in [4.69, 9.17) is 5.73 Å². The van der Waals surface area contributed by atoms with Crippen molar-refractivity contribution in [3.63, 3.8) is 0 Å². The van der Waals surface area contributed by atoms with Gasteiger partial charge < -0.3 is 5.73 Å². The number of benzene rings is 1. The van der Waals surface area contributed by atoms with Crippen LogP contribution >= 0.6 is 0 Å². The highest BCUT2D eigenvalue weighted by Gasteiger charge is 2.17. The second kappa shape index (κ2) is 4.90. The minimum Gasteiger partial charge on any atom is -0.327 e. The summed E-state index contributed by atoms with van der Waals surface area (Å²) in [5.74, 6) is 0.129. The Bertz CT molecular complexity index is 384. The number of pyridine rings is 1. The first-order chi connectivity index (χ1) is 7.79. The molecule has 1 aromatic heterocycles. The number of hydrogen-bond donors (Lipinski definition) is 1. The summed E-state index contributed by atoms with van der Waals surface area (Å²) in [6.45, 7) is 3.95. The van der Waals surface area contributed by atoms with E-state index in [-0.39, 0.29) is 12.0 Å². The van der Waals surface area contributed by atoms with Gasteiger partial charge in [0.2, 0.25) is 0 Å². The molecule has 1 radical (unpaired) electrons.